The summed E-state index contributed by atoms with van der Waals surface area (Å²) in [5.74, 6) is -1.42. The lowest BCUT2D eigenvalue weighted by atomic mass is 9.70. The van der Waals surface area contributed by atoms with E-state index >= 15 is 0 Å². The third-order valence-electron chi connectivity index (χ3n) is 8.18. The largest absolute Gasteiger partial charge is 0.417 e. The van der Waals surface area contributed by atoms with Crippen molar-refractivity contribution in [2.45, 2.75) is 58.4 Å². The van der Waals surface area contributed by atoms with Crippen molar-refractivity contribution in [3.05, 3.63) is 23.6 Å². The highest BCUT2D eigenvalue weighted by atomic mass is 32.2. The van der Waals surface area contributed by atoms with Gasteiger partial charge in [0.1, 0.15) is 6.17 Å². The van der Waals surface area contributed by atoms with Gasteiger partial charge in [-0.1, -0.05) is 13.8 Å². The van der Waals surface area contributed by atoms with Gasteiger partial charge in [-0.3, -0.25) is 0 Å². The predicted molar refractivity (Wildman–Crippen MR) is 110 cm³/mol. The van der Waals surface area contributed by atoms with Crippen LogP contribution in [0.15, 0.2) is 12.3 Å². The Morgan fingerprint density at radius 1 is 1.25 bits per heavy atom. The molecular formula is C21H28F5N3O2S. The van der Waals surface area contributed by atoms with Crippen LogP contribution in [0, 0.1) is 22.6 Å². The van der Waals surface area contributed by atoms with Crippen molar-refractivity contribution in [3.63, 3.8) is 0 Å². The Kier molecular flexibility index (Phi) is 5.55. The molecule has 0 aromatic carbocycles. The van der Waals surface area contributed by atoms with Gasteiger partial charge in [-0.05, 0) is 43.6 Å². The second kappa shape index (κ2) is 7.51. The number of rotatable bonds is 4. The molecule has 0 radical (unpaired) electrons. The zero-order chi connectivity index (χ0) is 23.7. The number of piperazine rings is 1. The Balaban J connectivity index is 1.50. The van der Waals surface area contributed by atoms with E-state index in [4.69, 9.17) is 0 Å². The summed E-state index contributed by atoms with van der Waals surface area (Å²) in [5.41, 5.74) is -2.49. The van der Waals surface area contributed by atoms with Crippen LogP contribution in [0.3, 0.4) is 0 Å². The van der Waals surface area contributed by atoms with Crippen LogP contribution >= 0.6 is 0 Å². The van der Waals surface area contributed by atoms with Crippen LogP contribution < -0.4 is 4.90 Å². The summed E-state index contributed by atoms with van der Waals surface area (Å²) in [6.07, 6.45) is -3.52. The monoisotopic (exact) mass is 481 g/mol. The molecule has 2 saturated carbocycles. The van der Waals surface area contributed by atoms with Gasteiger partial charge in [-0.15, -0.1) is 0 Å². The lowest BCUT2D eigenvalue weighted by Crippen LogP contribution is -2.56. The van der Waals surface area contributed by atoms with E-state index in [0.29, 0.717) is 25.1 Å². The van der Waals surface area contributed by atoms with Crippen LogP contribution in [0.25, 0.3) is 0 Å². The van der Waals surface area contributed by atoms with Gasteiger partial charge < -0.3 is 4.90 Å². The van der Waals surface area contributed by atoms with Crippen LogP contribution in [-0.2, 0) is 16.2 Å². The second-order valence-corrected chi connectivity index (χ2v) is 12.0. The molecular weight excluding hydrogens is 453 g/mol. The fourth-order valence-electron chi connectivity index (χ4n) is 6.02. The zero-order valence-electron chi connectivity index (χ0n) is 18.3. The molecule has 32 heavy (non-hydrogen) atoms. The predicted octanol–water partition coefficient (Wildman–Crippen LogP) is 4.24. The van der Waals surface area contributed by atoms with E-state index in [1.54, 1.807) is 6.92 Å². The normalized spacial score (nSPS) is 33.1. The maximum Gasteiger partial charge on any atom is 0.417 e. The molecule has 2 aliphatic carbocycles. The average molecular weight is 482 g/mol. The quantitative estimate of drug-likeness (QED) is 0.604. The van der Waals surface area contributed by atoms with Gasteiger partial charge in [-0.2, -0.15) is 17.5 Å². The number of alkyl halides is 4. The summed E-state index contributed by atoms with van der Waals surface area (Å²) in [6.45, 7) is 5.72. The minimum atomic E-state index is -4.70. The van der Waals surface area contributed by atoms with E-state index in [1.165, 1.54) is 9.21 Å². The van der Waals surface area contributed by atoms with Crippen LogP contribution in [0.4, 0.5) is 27.8 Å². The second-order valence-electron chi connectivity index (χ2n) is 10.0. The first kappa shape index (κ1) is 23.7. The van der Waals surface area contributed by atoms with Crippen LogP contribution in [0.2, 0.25) is 0 Å². The van der Waals surface area contributed by atoms with Gasteiger partial charge in [0.15, 0.2) is 11.6 Å². The maximum absolute atomic E-state index is 15.0. The van der Waals surface area contributed by atoms with Gasteiger partial charge in [0.25, 0.3) is 0 Å². The maximum atomic E-state index is 15.0. The number of nitrogens with zero attached hydrogens (tertiary/aromatic N) is 3. The molecule has 4 atom stereocenters. The Labute approximate surface area is 185 Å². The average Bonchev–Trinajstić information content (AvgIpc) is 3.01. The number of fused-ring (bicyclic) bond motifs is 2. The van der Waals surface area contributed by atoms with Crippen molar-refractivity contribution in [3.8, 4) is 0 Å². The van der Waals surface area contributed by atoms with Crippen molar-refractivity contribution >= 4 is 15.8 Å². The van der Waals surface area contributed by atoms with Crippen molar-refractivity contribution < 1.29 is 30.4 Å². The van der Waals surface area contributed by atoms with Gasteiger partial charge in [0.05, 0.1) is 11.3 Å². The fourth-order valence-corrected chi connectivity index (χ4v) is 8.36. The summed E-state index contributed by atoms with van der Waals surface area (Å²) in [6, 6.07) is -0.110. The van der Waals surface area contributed by atoms with Crippen LogP contribution in [-0.4, -0.2) is 55.3 Å². The molecule has 3 fully saturated rings. The van der Waals surface area contributed by atoms with E-state index < -0.39 is 50.6 Å². The van der Waals surface area contributed by atoms with E-state index in [1.807, 2.05) is 13.8 Å². The molecule has 5 nitrogen and oxygen atoms in total. The molecule has 0 N–H and O–H groups in total. The van der Waals surface area contributed by atoms with Crippen molar-refractivity contribution in [1.82, 2.24) is 9.29 Å². The van der Waals surface area contributed by atoms with Gasteiger partial charge in [0, 0.05) is 37.3 Å². The standard InChI is InChI=1S/C21H28F5N3O2S/c1-13-11-28(6-7-29(13)18-16(22)8-15(10-27-18)21(24,25)26)32(30,31)12-20-5-4-14(9-17(20)23)19(20,2)3/h8,10,13-14,17H,4-7,9,11-12H2,1-3H3/t13-,14+,17?,20+/m0/s1. The van der Waals surface area contributed by atoms with E-state index in [9.17, 15) is 30.4 Å². The minimum Gasteiger partial charge on any atom is -0.349 e. The number of halogens is 5. The molecule has 1 aromatic rings. The van der Waals surface area contributed by atoms with E-state index in [0.717, 1.165) is 6.42 Å². The number of pyridine rings is 1. The highest BCUT2D eigenvalue weighted by Crippen LogP contribution is 2.67. The van der Waals surface area contributed by atoms with Crippen molar-refractivity contribution in [1.29, 1.82) is 0 Å². The summed E-state index contributed by atoms with van der Waals surface area (Å²) in [5, 5.41) is 0. The van der Waals surface area contributed by atoms with Gasteiger partial charge in [0.2, 0.25) is 10.0 Å². The third-order valence-corrected chi connectivity index (χ3v) is 10.2. The highest BCUT2D eigenvalue weighted by molar-refractivity contribution is 7.89. The zero-order valence-corrected chi connectivity index (χ0v) is 19.1. The third kappa shape index (κ3) is 3.59. The summed E-state index contributed by atoms with van der Waals surface area (Å²) in [7, 11) is -3.79. The van der Waals surface area contributed by atoms with Crippen molar-refractivity contribution in [2.24, 2.45) is 16.7 Å². The van der Waals surface area contributed by atoms with E-state index in [-0.39, 0.29) is 37.1 Å². The number of sulfonamides is 1. The molecule has 1 aromatic heterocycles. The molecule has 2 heterocycles. The number of hydrogen-bond acceptors (Lipinski definition) is 4. The smallest absolute Gasteiger partial charge is 0.349 e. The first-order chi connectivity index (χ1) is 14.7. The lowest BCUT2D eigenvalue weighted by Gasteiger charge is -2.43. The molecule has 3 aliphatic rings. The Morgan fingerprint density at radius 2 is 1.94 bits per heavy atom. The fraction of sp³-hybridized carbons (Fsp3) is 0.762. The van der Waals surface area contributed by atoms with Crippen LogP contribution in [0.5, 0.6) is 0 Å². The van der Waals surface area contributed by atoms with Crippen LogP contribution in [0.1, 0.15) is 45.6 Å². The first-order valence-corrected chi connectivity index (χ1v) is 12.4. The summed E-state index contributed by atoms with van der Waals surface area (Å²) < 4.78 is 95.6. The molecule has 1 aliphatic heterocycles. The number of anilines is 1. The molecule has 11 heteroatoms. The summed E-state index contributed by atoms with van der Waals surface area (Å²) >= 11 is 0. The van der Waals surface area contributed by atoms with Gasteiger partial charge >= 0.3 is 6.18 Å². The molecule has 1 unspecified atom stereocenters. The molecule has 0 spiro atoms. The molecule has 1 saturated heterocycles. The summed E-state index contributed by atoms with van der Waals surface area (Å²) in [4.78, 5) is 5.14. The molecule has 2 bridgehead atoms. The number of hydrogen-bond donors (Lipinski definition) is 0. The molecule has 180 valence electrons. The Bertz CT molecular complexity index is 1000. The van der Waals surface area contributed by atoms with Crippen molar-refractivity contribution in [2.75, 3.05) is 30.3 Å². The van der Waals surface area contributed by atoms with E-state index in [2.05, 4.69) is 4.98 Å². The van der Waals surface area contributed by atoms with Gasteiger partial charge in [-0.25, -0.2) is 22.2 Å². The topological polar surface area (TPSA) is 53.5 Å². The lowest BCUT2D eigenvalue weighted by molar-refractivity contribution is -0.138. The first-order valence-electron chi connectivity index (χ1n) is 10.8. The molecule has 0 amide bonds. The Morgan fingerprint density at radius 3 is 2.44 bits per heavy atom. The molecule has 4 rings (SSSR count). The highest BCUT2D eigenvalue weighted by Gasteiger charge is 2.66. The SMILES string of the molecule is C[C@H]1CN(S(=O)(=O)C[C@]23CC[C@H](CC2F)C3(C)C)CCN1c1ncc(C(F)(F)F)cc1F. The Hall–Kier alpha value is -1.49. The minimum absolute atomic E-state index is 0.0291. The number of aromatic nitrogens is 1.